The first-order chi connectivity index (χ1) is 12.6. The third-order valence-electron chi connectivity index (χ3n) is 4.23. The van der Waals surface area contributed by atoms with E-state index in [-0.39, 0.29) is 11.7 Å². The summed E-state index contributed by atoms with van der Waals surface area (Å²) >= 11 is 0. The second-order valence-electron chi connectivity index (χ2n) is 5.92. The van der Waals surface area contributed by atoms with E-state index in [0.717, 1.165) is 18.5 Å². The number of methoxy groups -OCH3 is 1. The van der Waals surface area contributed by atoms with E-state index < -0.39 is 5.97 Å². The molecule has 0 radical (unpaired) electrons. The Labute approximate surface area is 151 Å². The normalized spacial score (nSPS) is 13.8. The standard InChI is InChI=1S/C20H18N2O4/c1-25-18-12-14(13-21)5-10-17(18)26-20(24)15-6-8-16(9-7-15)22-11-3-2-4-19(22)23/h5-10,12H,2-4,11H2,1H3. The maximum absolute atomic E-state index is 12.4. The maximum atomic E-state index is 12.4. The first-order valence-electron chi connectivity index (χ1n) is 8.33. The molecule has 0 spiro atoms. The number of benzene rings is 2. The Kier molecular flexibility index (Phi) is 5.18. The Bertz CT molecular complexity index is 868. The first kappa shape index (κ1) is 17.5. The minimum absolute atomic E-state index is 0.105. The van der Waals surface area contributed by atoms with Crippen LogP contribution in [-0.4, -0.2) is 25.5 Å². The summed E-state index contributed by atoms with van der Waals surface area (Å²) < 4.78 is 10.5. The fourth-order valence-electron chi connectivity index (χ4n) is 2.84. The highest BCUT2D eigenvalue weighted by atomic mass is 16.6. The quantitative estimate of drug-likeness (QED) is 0.624. The lowest BCUT2D eigenvalue weighted by Crippen LogP contribution is -2.35. The average Bonchev–Trinajstić information content (AvgIpc) is 2.68. The van der Waals surface area contributed by atoms with Crippen LogP contribution in [0.3, 0.4) is 0 Å². The smallest absolute Gasteiger partial charge is 0.343 e. The van der Waals surface area contributed by atoms with E-state index in [4.69, 9.17) is 14.7 Å². The second-order valence-corrected chi connectivity index (χ2v) is 5.92. The van der Waals surface area contributed by atoms with Gasteiger partial charge < -0.3 is 14.4 Å². The number of carbonyl (C=O) groups is 2. The van der Waals surface area contributed by atoms with Crippen molar-refractivity contribution in [1.29, 1.82) is 5.26 Å². The van der Waals surface area contributed by atoms with Crippen LogP contribution in [0.2, 0.25) is 0 Å². The van der Waals surface area contributed by atoms with Gasteiger partial charge in [0.25, 0.3) is 0 Å². The van der Waals surface area contributed by atoms with E-state index in [1.165, 1.54) is 19.2 Å². The highest BCUT2D eigenvalue weighted by molar-refractivity contribution is 5.95. The number of nitriles is 1. The van der Waals surface area contributed by atoms with Crippen molar-refractivity contribution in [2.24, 2.45) is 0 Å². The van der Waals surface area contributed by atoms with Gasteiger partial charge in [-0.3, -0.25) is 4.79 Å². The van der Waals surface area contributed by atoms with Crippen LogP contribution >= 0.6 is 0 Å². The van der Waals surface area contributed by atoms with E-state index in [2.05, 4.69) is 0 Å². The topological polar surface area (TPSA) is 79.6 Å². The number of carbonyl (C=O) groups excluding carboxylic acids is 2. The van der Waals surface area contributed by atoms with Crippen LogP contribution in [0.1, 0.15) is 35.2 Å². The zero-order chi connectivity index (χ0) is 18.5. The molecule has 1 aliphatic rings. The van der Waals surface area contributed by atoms with E-state index in [9.17, 15) is 9.59 Å². The fraction of sp³-hybridized carbons (Fsp3) is 0.250. The molecular formula is C20H18N2O4. The van der Waals surface area contributed by atoms with Gasteiger partial charge in [0.05, 0.1) is 24.3 Å². The van der Waals surface area contributed by atoms with Crippen LogP contribution in [0.5, 0.6) is 11.5 Å². The van der Waals surface area contributed by atoms with Gasteiger partial charge in [0.15, 0.2) is 11.5 Å². The van der Waals surface area contributed by atoms with Crippen LogP contribution < -0.4 is 14.4 Å². The zero-order valence-corrected chi connectivity index (χ0v) is 14.4. The number of ether oxygens (including phenoxy) is 2. The molecule has 3 rings (SSSR count). The Morgan fingerprint density at radius 3 is 2.54 bits per heavy atom. The third kappa shape index (κ3) is 3.67. The molecule has 0 unspecified atom stereocenters. The van der Waals surface area contributed by atoms with Crippen molar-refractivity contribution in [2.45, 2.75) is 19.3 Å². The molecule has 2 aromatic carbocycles. The summed E-state index contributed by atoms with van der Waals surface area (Å²) in [6, 6.07) is 13.3. The summed E-state index contributed by atoms with van der Waals surface area (Å²) in [5, 5.41) is 8.92. The molecule has 0 saturated carbocycles. The van der Waals surface area contributed by atoms with Gasteiger partial charge in [-0.05, 0) is 49.2 Å². The average molecular weight is 350 g/mol. The van der Waals surface area contributed by atoms with Crippen LogP contribution in [0, 0.1) is 11.3 Å². The molecule has 0 atom stereocenters. The summed E-state index contributed by atoms with van der Waals surface area (Å²) in [4.78, 5) is 26.1. The molecular weight excluding hydrogens is 332 g/mol. The number of hydrogen-bond donors (Lipinski definition) is 0. The number of rotatable bonds is 4. The Balaban J connectivity index is 1.74. The van der Waals surface area contributed by atoms with Gasteiger partial charge in [0.1, 0.15) is 0 Å². The maximum Gasteiger partial charge on any atom is 0.343 e. The van der Waals surface area contributed by atoms with Gasteiger partial charge in [-0.25, -0.2) is 4.79 Å². The van der Waals surface area contributed by atoms with Gasteiger partial charge in [0, 0.05) is 24.7 Å². The summed E-state index contributed by atoms with van der Waals surface area (Å²) in [5.74, 6) is 0.123. The van der Waals surface area contributed by atoms with Crippen molar-refractivity contribution in [3.05, 3.63) is 53.6 Å². The molecule has 0 N–H and O–H groups in total. The molecule has 1 saturated heterocycles. The number of hydrogen-bond acceptors (Lipinski definition) is 5. The lowest BCUT2D eigenvalue weighted by Gasteiger charge is -2.26. The SMILES string of the molecule is COc1cc(C#N)ccc1OC(=O)c1ccc(N2CCCCC2=O)cc1. The van der Waals surface area contributed by atoms with Crippen LogP contribution in [0.15, 0.2) is 42.5 Å². The van der Waals surface area contributed by atoms with E-state index in [1.807, 2.05) is 6.07 Å². The van der Waals surface area contributed by atoms with Crippen molar-refractivity contribution in [2.75, 3.05) is 18.6 Å². The summed E-state index contributed by atoms with van der Waals surface area (Å²) in [6.07, 6.45) is 2.46. The Morgan fingerprint density at radius 2 is 1.88 bits per heavy atom. The molecule has 26 heavy (non-hydrogen) atoms. The molecule has 132 valence electrons. The molecule has 0 aliphatic carbocycles. The third-order valence-corrected chi connectivity index (χ3v) is 4.23. The Hall–Kier alpha value is -3.33. The van der Waals surface area contributed by atoms with Crippen molar-refractivity contribution in [3.63, 3.8) is 0 Å². The van der Waals surface area contributed by atoms with Gasteiger partial charge in [-0.2, -0.15) is 5.26 Å². The van der Waals surface area contributed by atoms with Crippen molar-refractivity contribution in [3.8, 4) is 17.6 Å². The van der Waals surface area contributed by atoms with E-state index >= 15 is 0 Å². The number of nitrogens with zero attached hydrogens (tertiary/aromatic N) is 2. The predicted octanol–water partition coefficient (Wildman–Crippen LogP) is 3.30. The molecule has 6 nitrogen and oxygen atoms in total. The number of amides is 1. The molecule has 1 fully saturated rings. The number of anilines is 1. The number of piperidine rings is 1. The van der Waals surface area contributed by atoms with Crippen LogP contribution in [0.4, 0.5) is 5.69 Å². The van der Waals surface area contributed by atoms with Gasteiger partial charge in [0.2, 0.25) is 5.91 Å². The zero-order valence-electron chi connectivity index (χ0n) is 14.4. The molecule has 2 aromatic rings. The fourth-order valence-corrected chi connectivity index (χ4v) is 2.84. The van der Waals surface area contributed by atoms with E-state index in [1.54, 1.807) is 35.2 Å². The lowest BCUT2D eigenvalue weighted by atomic mass is 10.1. The molecule has 1 amide bonds. The van der Waals surface area contributed by atoms with Crippen molar-refractivity contribution in [1.82, 2.24) is 0 Å². The van der Waals surface area contributed by atoms with E-state index in [0.29, 0.717) is 29.8 Å². The predicted molar refractivity (Wildman–Crippen MR) is 95.3 cm³/mol. The first-order valence-corrected chi connectivity index (χ1v) is 8.33. The van der Waals surface area contributed by atoms with Gasteiger partial charge >= 0.3 is 5.97 Å². The van der Waals surface area contributed by atoms with Gasteiger partial charge in [-0.1, -0.05) is 0 Å². The minimum atomic E-state index is -0.537. The largest absolute Gasteiger partial charge is 0.493 e. The van der Waals surface area contributed by atoms with Crippen LogP contribution in [-0.2, 0) is 4.79 Å². The second kappa shape index (κ2) is 7.70. The molecule has 6 heteroatoms. The van der Waals surface area contributed by atoms with Gasteiger partial charge in [-0.15, -0.1) is 0 Å². The molecule has 1 heterocycles. The molecule has 1 aliphatic heterocycles. The monoisotopic (exact) mass is 350 g/mol. The summed E-state index contributed by atoms with van der Waals surface area (Å²) in [6.45, 7) is 0.699. The minimum Gasteiger partial charge on any atom is -0.493 e. The molecule has 0 bridgehead atoms. The highest BCUT2D eigenvalue weighted by Gasteiger charge is 2.20. The highest BCUT2D eigenvalue weighted by Crippen LogP contribution is 2.29. The molecule has 0 aromatic heterocycles. The lowest BCUT2D eigenvalue weighted by molar-refractivity contribution is -0.119. The Morgan fingerprint density at radius 1 is 1.12 bits per heavy atom. The van der Waals surface area contributed by atoms with Crippen molar-refractivity contribution < 1.29 is 19.1 Å². The van der Waals surface area contributed by atoms with Crippen LogP contribution in [0.25, 0.3) is 0 Å². The number of esters is 1. The van der Waals surface area contributed by atoms with Crippen molar-refractivity contribution >= 4 is 17.6 Å². The summed E-state index contributed by atoms with van der Waals surface area (Å²) in [7, 11) is 1.44. The summed E-state index contributed by atoms with van der Waals surface area (Å²) in [5.41, 5.74) is 1.56.